The standard InChI is InChI=1S/C26H26N2O5/c1-17-8-11-21(32-18(2)29)14-23(17)27-26(30)19-9-12-20(13-10-19)31-16-22-15-28(3)24-6-4-5-7-25(24)33-22/h4-14,22H,15-16H2,1-3H3,(H,27,30)/t22-/m0/s1. The monoisotopic (exact) mass is 446 g/mol. The molecule has 0 saturated carbocycles. The van der Waals surface area contributed by atoms with Crippen LogP contribution in [0.15, 0.2) is 66.7 Å². The number of hydrogen-bond acceptors (Lipinski definition) is 6. The predicted octanol–water partition coefficient (Wildman–Crippen LogP) is 4.45. The van der Waals surface area contributed by atoms with E-state index in [-0.39, 0.29) is 12.0 Å². The first-order valence-corrected chi connectivity index (χ1v) is 10.7. The molecular formula is C26H26N2O5. The zero-order valence-electron chi connectivity index (χ0n) is 18.8. The van der Waals surface area contributed by atoms with Crippen molar-refractivity contribution < 1.29 is 23.8 Å². The highest BCUT2D eigenvalue weighted by atomic mass is 16.5. The number of hydrogen-bond donors (Lipinski definition) is 1. The maximum Gasteiger partial charge on any atom is 0.308 e. The number of esters is 1. The second-order valence-electron chi connectivity index (χ2n) is 7.95. The van der Waals surface area contributed by atoms with Crippen LogP contribution >= 0.6 is 0 Å². The first-order chi connectivity index (χ1) is 15.9. The van der Waals surface area contributed by atoms with E-state index in [0.717, 1.165) is 23.5 Å². The van der Waals surface area contributed by atoms with Crippen LogP contribution in [0.4, 0.5) is 11.4 Å². The molecule has 1 aliphatic heterocycles. The Labute approximate surface area is 192 Å². The summed E-state index contributed by atoms with van der Waals surface area (Å²) in [6.45, 7) is 4.32. The Kier molecular flexibility index (Phi) is 6.49. The maximum absolute atomic E-state index is 12.7. The second kappa shape index (κ2) is 9.65. The van der Waals surface area contributed by atoms with E-state index >= 15 is 0 Å². The molecule has 0 radical (unpaired) electrons. The number of rotatable bonds is 6. The molecule has 0 aliphatic carbocycles. The Hall–Kier alpha value is -4.00. The average Bonchev–Trinajstić information content (AvgIpc) is 2.80. The van der Waals surface area contributed by atoms with Gasteiger partial charge in [-0.15, -0.1) is 0 Å². The largest absolute Gasteiger partial charge is 0.490 e. The number of anilines is 2. The predicted molar refractivity (Wildman–Crippen MR) is 127 cm³/mol. The summed E-state index contributed by atoms with van der Waals surface area (Å²) in [6.07, 6.45) is -0.0969. The Morgan fingerprint density at radius 2 is 1.79 bits per heavy atom. The normalized spacial score (nSPS) is 14.6. The summed E-state index contributed by atoms with van der Waals surface area (Å²) in [7, 11) is 2.03. The smallest absolute Gasteiger partial charge is 0.308 e. The number of para-hydroxylation sites is 2. The number of amides is 1. The van der Waals surface area contributed by atoms with Gasteiger partial charge in [-0.2, -0.15) is 0 Å². The summed E-state index contributed by atoms with van der Waals surface area (Å²) in [5, 5.41) is 2.86. The van der Waals surface area contributed by atoms with Crippen LogP contribution in [0.1, 0.15) is 22.8 Å². The molecule has 0 bridgehead atoms. The SMILES string of the molecule is CC(=O)Oc1ccc(C)c(NC(=O)c2ccc(OC[C@@H]3CN(C)c4ccccc4O3)cc2)c1. The molecule has 1 N–H and O–H groups in total. The van der Waals surface area contributed by atoms with Gasteiger partial charge in [-0.05, 0) is 55.0 Å². The lowest BCUT2D eigenvalue weighted by Crippen LogP contribution is -2.41. The van der Waals surface area contributed by atoms with Gasteiger partial charge in [0.2, 0.25) is 0 Å². The molecule has 0 fully saturated rings. The molecule has 170 valence electrons. The van der Waals surface area contributed by atoms with Gasteiger partial charge in [0.05, 0.1) is 12.2 Å². The van der Waals surface area contributed by atoms with Crippen molar-refractivity contribution in [3.8, 4) is 17.2 Å². The first-order valence-electron chi connectivity index (χ1n) is 10.7. The molecule has 1 heterocycles. The van der Waals surface area contributed by atoms with Crippen molar-refractivity contribution in [1.82, 2.24) is 0 Å². The fourth-order valence-corrected chi connectivity index (χ4v) is 3.63. The highest BCUT2D eigenvalue weighted by Gasteiger charge is 2.23. The summed E-state index contributed by atoms with van der Waals surface area (Å²) < 4.78 is 17.0. The zero-order chi connectivity index (χ0) is 23.4. The van der Waals surface area contributed by atoms with Crippen LogP contribution in [-0.2, 0) is 4.79 Å². The molecule has 1 atom stereocenters. The number of benzene rings is 3. The van der Waals surface area contributed by atoms with E-state index in [1.807, 2.05) is 38.2 Å². The topological polar surface area (TPSA) is 77.1 Å². The van der Waals surface area contributed by atoms with Gasteiger partial charge in [0, 0.05) is 31.3 Å². The highest BCUT2D eigenvalue weighted by Crippen LogP contribution is 2.32. The Morgan fingerprint density at radius 1 is 1.06 bits per heavy atom. The molecule has 0 spiro atoms. The molecule has 33 heavy (non-hydrogen) atoms. The summed E-state index contributed by atoms with van der Waals surface area (Å²) in [6, 6.07) is 20.0. The lowest BCUT2D eigenvalue weighted by Gasteiger charge is -2.33. The molecule has 1 amide bonds. The van der Waals surface area contributed by atoms with Gasteiger partial charge in [0.15, 0.2) is 0 Å². The number of carbonyl (C=O) groups excluding carboxylic acids is 2. The molecule has 0 saturated heterocycles. The summed E-state index contributed by atoms with van der Waals surface area (Å²) in [5.41, 5.74) is 3.00. The minimum atomic E-state index is -0.416. The highest BCUT2D eigenvalue weighted by molar-refractivity contribution is 6.04. The molecule has 0 aromatic heterocycles. The maximum atomic E-state index is 12.7. The van der Waals surface area contributed by atoms with Crippen molar-refractivity contribution >= 4 is 23.3 Å². The van der Waals surface area contributed by atoms with E-state index in [4.69, 9.17) is 14.2 Å². The van der Waals surface area contributed by atoms with Crippen LogP contribution in [0.2, 0.25) is 0 Å². The van der Waals surface area contributed by atoms with Crippen LogP contribution in [0.25, 0.3) is 0 Å². The van der Waals surface area contributed by atoms with Gasteiger partial charge in [-0.3, -0.25) is 9.59 Å². The Bertz CT molecular complexity index is 1160. The Balaban J connectivity index is 1.35. The quantitative estimate of drug-likeness (QED) is 0.445. The fraction of sp³-hybridized carbons (Fsp3) is 0.231. The van der Waals surface area contributed by atoms with E-state index in [1.54, 1.807) is 42.5 Å². The minimum Gasteiger partial charge on any atom is -0.490 e. The van der Waals surface area contributed by atoms with Gasteiger partial charge in [0.25, 0.3) is 5.91 Å². The fourth-order valence-electron chi connectivity index (χ4n) is 3.63. The van der Waals surface area contributed by atoms with Gasteiger partial charge in [-0.1, -0.05) is 18.2 Å². The van der Waals surface area contributed by atoms with Gasteiger partial charge in [0.1, 0.15) is 30.0 Å². The number of nitrogens with one attached hydrogen (secondary N) is 1. The lowest BCUT2D eigenvalue weighted by molar-refractivity contribution is -0.131. The summed E-state index contributed by atoms with van der Waals surface area (Å²) in [5.74, 6) is 1.20. The number of carbonyl (C=O) groups is 2. The number of nitrogens with zero attached hydrogens (tertiary/aromatic N) is 1. The van der Waals surface area contributed by atoms with Crippen LogP contribution in [0.5, 0.6) is 17.2 Å². The van der Waals surface area contributed by atoms with E-state index in [2.05, 4.69) is 10.2 Å². The van der Waals surface area contributed by atoms with E-state index in [0.29, 0.717) is 29.4 Å². The number of likely N-dealkylation sites (N-methyl/N-ethyl adjacent to an activating group) is 1. The van der Waals surface area contributed by atoms with Crippen LogP contribution in [0.3, 0.4) is 0 Å². The molecule has 1 aliphatic rings. The van der Waals surface area contributed by atoms with Crippen molar-refractivity contribution in [2.45, 2.75) is 20.0 Å². The molecule has 4 rings (SSSR count). The lowest BCUT2D eigenvalue weighted by atomic mass is 10.1. The molecule has 3 aromatic rings. The van der Waals surface area contributed by atoms with Crippen molar-refractivity contribution in [1.29, 1.82) is 0 Å². The molecule has 0 unspecified atom stereocenters. The van der Waals surface area contributed by atoms with Crippen LogP contribution in [0, 0.1) is 6.92 Å². The third-order valence-electron chi connectivity index (χ3n) is 5.32. The first kappa shape index (κ1) is 22.2. The van der Waals surface area contributed by atoms with Gasteiger partial charge >= 0.3 is 5.97 Å². The number of aryl methyl sites for hydroxylation is 1. The van der Waals surface area contributed by atoms with Crippen molar-refractivity contribution in [2.24, 2.45) is 0 Å². The zero-order valence-corrected chi connectivity index (χ0v) is 18.8. The summed E-state index contributed by atoms with van der Waals surface area (Å²) >= 11 is 0. The van der Waals surface area contributed by atoms with Crippen LogP contribution in [-0.4, -0.2) is 38.2 Å². The summed E-state index contributed by atoms with van der Waals surface area (Å²) in [4.78, 5) is 26.0. The van der Waals surface area contributed by atoms with E-state index < -0.39 is 5.97 Å². The second-order valence-corrected chi connectivity index (χ2v) is 7.95. The van der Waals surface area contributed by atoms with Crippen LogP contribution < -0.4 is 24.4 Å². The average molecular weight is 447 g/mol. The van der Waals surface area contributed by atoms with Crippen molar-refractivity contribution in [3.63, 3.8) is 0 Å². The Morgan fingerprint density at radius 3 is 2.55 bits per heavy atom. The molecule has 7 heteroatoms. The third-order valence-corrected chi connectivity index (χ3v) is 5.32. The van der Waals surface area contributed by atoms with E-state index in [1.165, 1.54) is 6.92 Å². The van der Waals surface area contributed by atoms with Gasteiger partial charge in [-0.25, -0.2) is 0 Å². The molecule has 7 nitrogen and oxygen atoms in total. The number of fused-ring (bicyclic) bond motifs is 1. The minimum absolute atomic E-state index is 0.0969. The van der Waals surface area contributed by atoms with Crippen molar-refractivity contribution in [2.75, 3.05) is 30.4 Å². The van der Waals surface area contributed by atoms with Gasteiger partial charge < -0.3 is 24.4 Å². The van der Waals surface area contributed by atoms with E-state index in [9.17, 15) is 9.59 Å². The number of ether oxygens (including phenoxy) is 3. The van der Waals surface area contributed by atoms with Crippen molar-refractivity contribution in [3.05, 3.63) is 77.9 Å². The molecular weight excluding hydrogens is 420 g/mol. The molecule has 3 aromatic carbocycles. The third kappa shape index (κ3) is 5.44.